The van der Waals surface area contributed by atoms with Gasteiger partial charge in [-0.05, 0) is 25.7 Å². The Balaban J connectivity index is 2.22. The van der Waals surface area contributed by atoms with Crippen molar-refractivity contribution in [1.82, 2.24) is 15.1 Å². The molecule has 0 bridgehead atoms. The van der Waals surface area contributed by atoms with Gasteiger partial charge in [-0.15, -0.1) is 0 Å². The Morgan fingerprint density at radius 2 is 2.16 bits per heavy atom. The third-order valence-electron chi connectivity index (χ3n) is 3.96. The number of aromatic nitrogens is 2. The predicted octanol–water partition coefficient (Wildman–Crippen LogP) is 2.46. The van der Waals surface area contributed by atoms with Gasteiger partial charge < -0.3 is 10.2 Å². The van der Waals surface area contributed by atoms with Crippen LogP contribution in [-0.4, -0.2) is 28.9 Å². The van der Waals surface area contributed by atoms with Crippen LogP contribution in [0.25, 0.3) is 0 Å². The van der Waals surface area contributed by atoms with Gasteiger partial charge in [0.05, 0.1) is 5.69 Å². The summed E-state index contributed by atoms with van der Waals surface area (Å²) in [6, 6.07) is 0.507. The molecule has 0 spiro atoms. The molecule has 0 saturated carbocycles. The number of nitrogens with one attached hydrogen (secondary N) is 1. The fourth-order valence-electron chi connectivity index (χ4n) is 2.98. The second-order valence-corrected chi connectivity index (χ2v) is 6.24. The van der Waals surface area contributed by atoms with Crippen molar-refractivity contribution < 1.29 is 0 Å². The van der Waals surface area contributed by atoms with Gasteiger partial charge in [-0.3, -0.25) is 4.68 Å². The molecule has 1 unspecified atom stereocenters. The SMILES string of the molecule is Cc1nn(C)c(N2CCCC(C)C2)c1CNC(C)C. The maximum Gasteiger partial charge on any atom is 0.131 e. The quantitative estimate of drug-likeness (QED) is 0.907. The molecule has 1 saturated heterocycles. The van der Waals surface area contributed by atoms with Crippen LogP contribution >= 0.6 is 0 Å². The molecule has 1 aliphatic heterocycles. The van der Waals surface area contributed by atoms with E-state index >= 15 is 0 Å². The van der Waals surface area contributed by atoms with E-state index in [1.165, 1.54) is 24.2 Å². The van der Waals surface area contributed by atoms with E-state index in [9.17, 15) is 0 Å². The van der Waals surface area contributed by atoms with Gasteiger partial charge in [0.1, 0.15) is 5.82 Å². The van der Waals surface area contributed by atoms with Gasteiger partial charge in [0.25, 0.3) is 0 Å². The zero-order valence-electron chi connectivity index (χ0n) is 13.0. The van der Waals surface area contributed by atoms with E-state index in [1.807, 2.05) is 0 Å². The average Bonchev–Trinajstić information content (AvgIpc) is 2.61. The van der Waals surface area contributed by atoms with Crippen molar-refractivity contribution in [3.63, 3.8) is 0 Å². The van der Waals surface area contributed by atoms with Crippen molar-refractivity contribution in [3.05, 3.63) is 11.3 Å². The average molecular weight is 264 g/mol. The molecular formula is C15H28N4. The number of aryl methyl sites for hydroxylation is 2. The molecular weight excluding hydrogens is 236 g/mol. The molecule has 4 heteroatoms. The van der Waals surface area contributed by atoms with Gasteiger partial charge >= 0.3 is 0 Å². The molecule has 108 valence electrons. The lowest BCUT2D eigenvalue weighted by atomic mass is 10.00. The van der Waals surface area contributed by atoms with Crippen LogP contribution < -0.4 is 10.2 Å². The third kappa shape index (κ3) is 3.30. The van der Waals surface area contributed by atoms with Crippen LogP contribution in [0.2, 0.25) is 0 Å². The van der Waals surface area contributed by atoms with E-state index in [2.05, 4.69) is 54.7 Å². The van der Waals surface area contributed by atoms with Gasteiger partial charge in [-0.1, -0.05) is 20.8 Å². The highest BCUT2D eigenvalue weighted by molar-refractivity contribution is 5.50. The molecule has 0 aromatic carbocycles. The molecule has 19 heavy (non-hydrogen) atoms. The molecule has 0 radical (unpaired) electrons. The van der Waals surface area contributed by atoms with Gasteiger partial charge in [0.15, 0.2) is 0 Å². The van der Waals surface area contributed by atoms with Gasteiger partial charge in [0.2, 0.25) is 0 Å². The smallest absolute Gasteiger partial charge is 0.131 e. The summed E-state index contributed by atoms with van der Waals surface area (Å²) >= 11 is 0. The number of piperidine rings is 1. The minimum absolute atomic E-state index is 0.507. The summed E-state index contributed by atoms with van der Waals surface area (Å²) in [6.45, 7) is 12.1. The monoisotopic (exact) mass is 264 g/mol. The molecule has 0 amide bonds. The first kappa shape index (κ1) is 14.4. The van der Waals surface area contributed by atoms with Crippen molar-refractivity contribution >= 4 is 5.82 Å². The Bertz CT molecular complexity index is 422. The van der Waals surface area contributed by atoms with E-state index in [1.54, 1.807) is 0 Å². The Labute approximate surface area is 117 Å². The summed E-state index contributed by atoms with van der Waals surface area (Å²) in [5, 5.41) is 8.15. The Hall–Kier alpha value is -1.03. The topological polar surface area (TPSA) is 33.1 Å². The lowest BCUT2D eigenvalue weighted by Crippen LogP contribution is -2.36. The maximum atomic E-state index is 4.62. The second-order valence-electron chi connectivity index (χ2n) is 6.24. The highest BCUT2D eigenvalue weighted by atomic mass is 15.4. The Morgan fingerprint density at radius 3 is 2.79 bits per heavy atom. The number of anilines is 1. The largest absolute Gasteiger partial charge is 0.356 e. The summed E-state index contributed by atoms with van der Waals surface area (Å²) in [7, 11) is 2.07. The first-order valence-electron chi connectivity index (χ1n) is 7.49. The van der Waals surface area contributed by atoms with Gasteiger partial charge in [-0.25, -0.2) is 0 Å². The van der Waals surface area contributed by atoms with Crippen LogP contribution in [0.5, 0.6) is 0 Å². The van der Waals surface area contributed by atoms with Gasteiger partial charge in [-0.2, -0.15) is 5.10 Å². The molecule has 1 aromatic heterocycles. The van der Waals surface area contributed by atoms with Crippen LogP contribution in [-0.2, 0) is 13.6 Å². The molecule has 4 nitrogen and oxygen atoms in total. The summed E-state index contributed by atoms with van der Waals surface area (Å²) in [6.07, 6.45) is 2.65. The van der Waals surface area contributed by atoms with Crippen LogP contribution in [0.3, 0.4) is 0 Å². The fraction of sp³-hybridized carbons (Fsp3) is 0.800. The normalized spacial score (nSPS) is 20.3. The highest BCUT2D eigenvalue weighted by Gasteiger charge is 2.23. The Kier molecular flexibility index (Phi) is 4.50. The summed E-state index contributed by atoms with van der Waals surface area (Å²) < 4.78 is 2.06. The van der Waals surface area contributed by atoms with Gasteiger partial charge in [0, 0.05) is 38.3 Å². The number of hydrogen-bond donors (Lipinski definition) is 1. The minimum Gasteiger partial charge on any atom is -0.356 e. The van der Waals surface area contributed by atoms with Crippen molar-refractivity contribution in [2.45, 2.75) is 53.1 Å². The summed E-state index contributed by atoms with van der Waals surface area (Å²) in [5.74, 6) is 2.10. The van der Waals surface area contributed by atoms with Crippen LogP contribution in [0, 0.1) is 12.8 Å². The zero-order valence-corrected chi connectivity index (χ0v) is 13.0. The summed E-state index contributed by atoms with van der Waals surface area (Å²) in [5.41, 5.74) is 2.52. The van der Waals surface area contributed by atoms with Crippen molar-refractivity contribution in [1.29, 1.82) is 0 Å². The molecule has 1 aromatic rings. The first-order valence-corrected chi connectivity index (χ1v) is 7.49. The standard InChI is InChI=1S/C15H28N4/c1-11(2)16-9-14-13(4)17-18(5)15(14)19-8-6-7-12(3)10-19/h11-12,16H,6-10H2,1-5H3. The van der Waals surface area contributed by atoms with Crippen LogP contribution in [0.15, 0.2) is 0 Å². The van der Waals surface area contributed by atoms with Crippen molar-refractivity contribution in [3.8, 4) is 0 Å². The molecule has 1 aliphatic rings. The van der Waals surface area contributed by atoms with E-state index in [-0.39, 0.29) is 0 Å². The predicted molar refractivity (Wildman–Crippen MR) is 80.5 cm³/mol. The first-order chi connectivity index (χ1) is 8.99. The van der Waals surface area contributed by atoms with Crippen LogP contribution in [0.1, 0.15) is 44.9 Å². The van der Waals surface area contributed by atoms with E-state index in [0.29, 0.717) is 6.04 Å². The molecule has 2 rings (SSSR count). The van der Waals surface area contributed by atoms with E-state index in [4.69, 9.17) is 0 Å². The highest BCUT2D eigenvalue weighted by Crippen LogP contribution is 2.27. The van der Waals surface area contributed by atoms with E-state index < -0.39 is 0 Å². The van der Waals surface area contributed by atoms with Crippen molar-refractivity contribution in [2.24, 2.45) is 13.0 Å². The number of rotatable bonds is 4. The Morgan fingerprint density at radius 1 is 1.42 bits per heavy atom. The maximum absolute atomic E-state index is 4.62. The molecule has 2 heterocycles. The molecule has 1 fully saturated rings. The lowest BCUT2D eigenvalue weighted by molar-refractivity contribution is 0.439. The third-order valence-corrected chi connectivity index (χ3v) is 3.96. The number of hydrogen-bond acceptors (Lipinski definition) is 3. The second kappa shape index (κ2) is 5.95. The number of nitrogens with zero attached hydrogens (tertiary/aromatic N) is 3. The minimum atomic E-state index is 0.507. The summed E-state index contributed by atoms with van der Waals surface area (Å²) in [4.78, 5) is 2.52. The molecule has 0 aliphatic carbocycles. The van der Waals surface area contributed by atoms with Crippen LogP contribution in [0.4, 0.5) is 5.82 Å². The molecule has 1 atom stereocenters. The lowest BCUT2D eigenvalue weighted by Gasteiger charge is -2.33. The molecule has 1 N–H and O–H groups in total. The fourth-order valence-corrected chi connectivity index (χ4v) is 2.98. The van der Waals surface area contributed by atoms with E-state index in [0.717, 1.165) is 31.2 Å². The zero-order chi connectivity index (χ0) is 14.0. The van der Waals surface area contributed by atoms with Crippen molar-refractivity contribution in [2.75, 3.05) is 18.0 Å².